The first-order valence-corrected chi connectivity index (χ1v) is 11.3. The highest BCUT2D eigenvalue weighted by Crippen LogP contribution is 2.30. The molecule has 2 aromatic rings. The molecule has 5 nitrogen and oxygen atoms in total. The molecular weight excluding hydrogens is 412 g/mol. The summed E-state index contributed by atoms with van der Waals surface area (Å²) in [5.41, 5.74) is 2.07. The molecule has 0 spiro atoms. The fraction of sp³-hybridized carbons (Fsp3) is 0.480. The van der Waals surface area contributed by atoms with Crippen LogP contribution in [0, 0.1) is 0 Å². The lowest BCUT2D eigenvalue weighted by atomic mass is 9.96. The molecule has 0 aromatic heterocycles. The Bertz CT molecular complexity index is 813. The van der Waals surface area contributed by atoms with E-state index in [1.807, 2.05) is 32.9 Å². The van der Waals surface area contributed by atoms with Crippen molar-refractivity contribution in [1.29, 1.82) is 0 Å². The number of piperazine rings is 1. The predicted molar refractivity (Wildman–Crippen MR) is 124 cm³/mol. The number of rotatable bonds is 8. The van der Waals surface area contributed by atoms with Crippen molar-refractivity contribution >= 4 is 17.6 Å². The van der Waals surface area contributed by atoms with E-state index in [0.29, 0.717) is 6.61 Å². The lowest BCUT2D eigenvalue weighted by Gasteiger charge is -2.39. The van der Waals surface area contributed by atoms with Gasteiger partial charge in [-0.05, 0) is 44.0 Å². The quantitative estimate of drug-likeness (QED) is 0.445. The molecule has 1 heterocycles. The topological polar surface area (TPSA) is 42.0 Å². The third-order valence-corrected chi connectivity index (χ3v) is 5.52. The highest BCUT2D eigenvalue weighted by molar-refractivity contribution is 6.30. The van der Waals surface area contributed by atoms with Gasteiger partial charge >= 0.3 is 5.97 Å². The van der Waals surface area contributed by atoms with E-state index < -0.39 is 5.60 Å². The molecule has 6 heteroatoms. The van der Waals surface area contributed by atoms with Crippen LogP contribution in [0.1, 0.15) is 37.9 Å². The number of hydrogen-bond acceptors (Lipinski definition) is 5. The van der Waals surface area contributed by atoms with Gasteiger partial charge in [0.2, 0.25) is 0 Å². The second kappa shape index (κ2) is 11.1. The van der Waals surface area contributed by atoms with Gasteiger partial charge in [0.15, 0.2) is 0 Å². The molecule has 0 aliphatic carbocycles. The maximum atomic E-state index is 11.7. The third kappa shape index (κ3) is 7.62. The first-order chi connectivity index (χ1) is 14.8. The van der Waals surface area contributed by atoms with Crippen molar-refractivity contribution < 1.29 is 14.3 Å². The van der Waals surface area contributed by atoms with Gasteiger partial charge in [0.05, 0.1) is 12.6 Å². The van der Waals surface area contributed by atoms with Gasteiger partial charge in [0, 0.05) is 37.7 Å². The largest absolute Gasteiger partial charge is 0.458 e. The molecular formula is C25H33ClN2O3. The van der Waals surface area contributed by atoms with Gasteiger partial charge in [0.1, 0.15) is 12.2 Å². The van der Waals surface area contributed by atoms with E-state index in [-0.39, 0.29) is 18.6 Å². The standard InChI is InChI=1S/C25H33ClN2O3/c1-25(2,3)31-23(29)19-30-18-17-27-13-15-28(16-14-27)24(20-7-5-4-6-8-20)21-9-11-22(26)12-10-21/h4-12,24H,13-19H2,1-3H3/t24-/m0/s1. The zero-order valence-electron chi connectivity index (χ0n) is 18.7. The van der Waals surface area contributed by atoms with Crippen LogP contribution in [0.3, 0.4) is 0 Å². The summed E-state index contributed by atoms with van der Waals surface area (Å²) in [6.07, 6.45) is 0. The first-order valence-electron chi connectivity index (χ1n) is 10.9. The summed E-state index contributed by atoms with van der Waals surface area (Å²) in [4.78, 5) is 16.7. The summed E-state index contributed by atoms with van der Waals surface area (Å²) in [5.74, 6) is -0.314. The molecule has 1 saturated heterocycles. The number of carbonyl (C=O) groups is 1. The van der Waals surface area contributed by atoms with Gasteiger partial charge in [-0.2, -0.15) is 0 Å². The predicted octanol–water partition coefficient (Wildman–Crippen LogP) is 4.41. The minimum Gasteiger partial charge on any atom is -0.458 e. The number of hydrogen-bond donors (Lipinski definition) is 0. The average Bonchev–Trinajstić information content (AvgIpc) is 2.73. The zero-order valence-corrected chi connectivity index (χ0v) is 19.5. The molecule has 1 aliphatic rings. The minimum absolute atomic E-state index is 0.00385. The number of benzene rings is 2. The minimum atomic E-state index is -0.476. The van der Waals surface area contributed by atoms with E-state index in [9.17, 15) is 4.79 Å². The Balaban J connectivity index is 1.51. The third-order valence-electron chi connectivity index (χ3n) is 5.26. The van der Waals surface area contributed by atoms with Crippen LogP contribution in [0.25, 0.3) is 0 Å². The lowest BCUT2D eigenvalue weighted by molar-refractivity contribution is -0.160. The second-order valence-electron chi connectivity index (χ2n) is 8.88. The van der Waals surface area contributed by atoms with Crippen molar-refractivity contribution in [1.82, 2.24) is 9.80 Å². The van der Waals surface area contributed by atoms with E-state index >= 15 is 0 Å². The monoisotopic (exact) mass is 444 g/mol. The molecule has 0 radical (unpaired) electrons. The van der Waals surface area contributed by atoms with Crippen molar-refractivity contribution in [3.05, 3.63) is 70.7 Å². The molecule has 3 rings (SSSR count). The SMILES string of the molecule is CC(C)(C)OC(=O)COCCN1CCN([C@@H](c2ccccc2)c2ccc(Cl)cc2)CC1. The highest BCUT2D eigenvalue weighted by atomic mass is 35.5. The molecule has 0 saturated carbocycles. The van der Waals surface area contributed by atoms with Crippen LogP contribution in [0.5, 0.6) is 0 Å². The van der Waals surface area contributed by atoms with Crippen LogP contribution in [-0.2, 0) is 14.3 Å². The van der Waals surface area contributed by atoms with Gasteiger partial charge in [-0.15, -0.1) is 0 Å². The Morgan fingerprint density at radius 3 is 2.19 bits per heavy atom. The fourth-order valence-corrected chi connectivity index (χ4v) is 3.99. The molecule has 31 heavy (non-hydrogen) atoms. The van der Waals surface area contributed by atoms with E-state index in [4.69, 9.17) is 21.1 Å². The first kappa shape index (κ1) is 23.7. The number of carbonyl (C=O) groups excluding carboxylic acids is 1. The molecule has 0 bridgehead atoms. The van der Waals surface area contributed by atoms with Crippen LogP contribution < -0.4 is 0 Å². The maximum Gasteiger partial charge on any atom is 0.332 e. The van der Waals surface area contributed by atoms with Gasteiger partial charge in [-0.25, -0.2) is 4.79 Å². The lowest BCUT2D eigenvalue weighted by Crippen LogP contribution is -2.48. The molecule has 1 fully saturated rings. The maximum absolute atomic E-state index is 11.7. The zero-order chi connectivity index (χ0) is 22.3. The number of ether oxygens (including phenoxy) is 2. The summed E-state index contributed by atoms with van der Waals surface area (Å²) in [6.45, 7) is 10.8. The second-order valence-corrected chi connectivity index (χ2v) is 9.32. The Labute approximate surface area is 190 Å². The van der Waals surface area contributed by atoms with Crippen LogP contribution in [0.15, 0.2) is 54.6 Å². The molecule has 0 N–H and O–H groups in total. The fourth-order valence-electron chi connectivity index (χ4n) is 3.86. The molecule has 0 unspecified atom stereocenters. The summed E-state index contributed by atoms with van der Waals surface area (Å²) in [5, 5.41) is 0.756. The van der Waals surface area contributed by atoms with Gasteiger partial charge in [-0.1, -0.05) is 54.1 Å². The van der Waals surface area contributed by atoms with Crippen molar-refractivity contribution in [2.75, 3.05) is 45.9 Å². The van der Waals surface area contributed by atoms with E-state index in [0.717, 1.165) is 37.7 Å². The van der Waals surface area contributed by atoms with Crippen molar-refractivity contribution in [3.63, 3.8) is 0 Å². The molecule has 1 aliphatic heterocycles. The molecule has 1 atom stereocenters. The van der Waals surface area contributed by atoms with E-state index in [1.165, 1.54) is 11.1 Å². The average molecular weight is 445 g/mol. The number of halogens is 1. The van der Waals surface area contributed by atoms with Crippen molar-refractivity contribution in [3.8, 4) is 0 Å². The molecule has 0 amide bonds. The summed E-state index contributed by atoms with van der Waals surface area (Å²) in [7, 11) is 0. The van der Waals surface area contributed by atoms with Crippen molar-refractivity contribution in [2.45, 2.75) is 32.4 Å². The van der Waals surface area contributed by atoms with Gasteiger partial charge in [0.25, 0.3) is 0 Å². The van der Waals surface area contributed by atoms with E-state index in [1.54, 1.807) is 0 Å². The summed E-state index contributed by atoms with van der Waals surface area (Å²) in [6, 6.07) is 19.0. The van der Waals surface area contributed by atoms with Gasteiger partial charge < -0.3 is 9.47 Å². The summed E-state index contributed by atoms with van der Waals surface area (Å²) >= 11 is 6.12. The van der Waals surface area contributed by atoms with Crippen molar-refractivity contribution in [2.24, 2.45) is 0 Å². The Morgan fingerprint density at radius 1 is 0.968 bits per heavy atom. The Hall–Kier alpha value is -1.92. The molecule has 168 valence electrons. The van der Waals surface area contributed by atoms with Gasteiger partial charge in [-0.3, -0.25) is 9.80 Å². The van der Waals surface area contributed by atoms with Crippen LogP contribution in [-0.4, -0.2) is 67.3 Å². The van der Waals surface area contributed by atoms with E-state index in [2.05, 4.69) is 52.3 Å². The molecule has 2 aromatic carbocycles. The Morgan fingerprint density at radius 2 is 1.58 bits per heavy atom. The highest BCUT2D eigenvalue weighted by Gasteiger charge is 2.26. The number of nitrogens with zero attached hydrogens (tertiary/aromatic N) is 2. The Kier molecular flexibility index (Phi) is 8.50. The normalized spacial score (nSPS) is 16.8. The van der Waals surface area contributed by atoms with Crippen LogP contribution in [0.2, 0.25) is 5.02 Å². The smallest absolute Gasteiger partial charge is 0.332 e. The summed E-state index contributed by atoms with van der Waals surface area (Å²) < 4.78 is 10.8. The van der Waals surface area contributed by atoms with Crippen LogP contribution >= 0.6 is 11.6 Å². The van der Waals surface area contributed by atoms with Crippen LogP contribution in [0.4, 0.5) is 0 Å². The number of esters is 1.